The van der Waals surface area contributed by atoms with Crippen molar-refractivity contribution >= 4 is 23.2 Å². The van der Waals surface area contributed by atoms with Gasteiger partial charge in [0.1, 0.15) is 23.2 Å². The summed E-state index contributed by atoms with van der Waals surface area (Å²) in [5.74, 6) is 0. The van der Waals surface area contributed by atoms with Gasteiger partial charge in [0.05, 0.1) is 8.86 Å². The van der Waals surface area contributed by atoms with E-state index in [-0.39, 0.29) is 0 Å². The van der Waals surface area contributed by atoms with Gasteiger partial charge in [-0.15, -0.1) is 0 Å². The lowest BCUT2D eigenvalue weighted by molar-refractivity contribution is 1.48. The van der Waals surface area contributed by atoms with Crippen molar-refractivity contribution in [2.75, 3.05) is 6.11 Å². The molecule has 3 rings (SSSR count). The minimum absolute atomic E-state index is 0.721. The van der Waals surface area contributed by atoms with E-state index in [0.717, 1.165) is 15.9 Å². The molecular formula is C20H20P+. The molecule has 0 bridgehead atoms. The number of hydrogen-bond acceptors (Lipinski definition) is 0. The molecule has 1 heteroatoms. The molecule has 0 saturated carbocycles. The molecule has 3 aromatic rings. The van der Waals surface area contributed by atoms with E-state index >= 15 is 0 Å². The van der Waals surface area contributed by atoms with E-state index in [1.165, 1.54) is 0 Å². The largest absolute Gasteiger partial charge is 0.111 e. The summed E-state index contributed by atoms with van der Waals surface area (Å²) in [6.45, 7) is -2.78. The molecule has 0 amide bonds. The predicted molar refractivity (Wildman–Crippen MR) is 95.7 cm³/mol. The zero-order chi connectivity index (χ0) is 18.8. The lowest BCUT2D eigenvalue weighted by Crippen LogP contribution is -2.32. The van der Waals surface area contributed by atoms with E-state index in [1.54, 1.807) is 0 Å². The Balaban J connectivity index is 2.48. The molecule has 0 aromatic heterocycles. The van der Waals surface area contributed by atoms with Crippen LogP contribution in [0.25, 0.3) is 0 Å². The highest BCUT2D eigenvalue weighted by molar-refractivity contribution is 7.95. The molecule has 0 heterocycles. The molecule has 3 aromatic carbocycles. The summed E-state index contributed by atoms with van der Waals surface area (Å²) < 4.78 is 41.8. The fourth-order valence-corrected chi connectivity index (χ4v) is 5.74. The molecule has 0 aliphatic rings. The highest BCUT2D eigenvalue weighted by atomic mass is 31.2. The van der Waals surface area contributed by atoms with Gasteiger partial charge in [-0.1, -0.05) is 54.6 Å². The first-order valence-corrected chi connectivity index (χ1v) is 8.67. The van der Waals surface area contributed by atoms with Gasteiger partial charge in [-0.25, -0.2) is 0 Å². The molecule has 104 valence electrons. The Morgan fingerprint density at radius 1 is 0.667 bits per heavy atom. The molecule has 0 saturated heterocycles. The molecule has 0 radical (unpaired) electrons. The van der Waals surface area contributed by atoms with Crippen LogP contribution in [0.2, 0.25) is 0 Å². The van der Waals surface area contributed by atoms with E-state index in [2.05, 4.69) is 0 Å². The van der Waals surface area contributed by atoms with Gasteiger partial charge in [0.15, 0.2) is 0 Å². The van der Waals surface area contributed by atoms with Crippen LogP contribution >= 0.6 is 7.26 Å². The highest BCUT2D eigenvalue weighted by Gasteiger charge is 2.43. The molecule has 21 heavy (non-hydrogen) atoms. The van der Waals surface area contributed by atoms with Gasteiger partial charge >= 0.3 is 0 Å². The van der Waals surface area contributed by atoms with Crippen molar-refractivity contribution in [1.29, 1.82) is 0 Å². The van der Waals surface area contributed by atoms with Crippen molar-refractivity contribution in [3.8, 4) is 0 Å². The standard InChI is InChI=1S/C20H20P/c1-2-21(18-12-6-3-7-13-18,19-14-8-4-9-15-19)20-16-10-5-11-17-20/h3-17H,2H2,1H3/q+1/i1D3,2D2. The van der Waals surface area contributed by atoms with Crippen LogP contribution in [-0.2, 0) is 0 Å². The molecule has 0 fully saturated rings. The molecule has 0 spiro atoms. The topological polar surface area (TPSA) is 0 Å². The summed E-state index contributed by atoms with van der Waals surface area (Å²) in [5, 5.41) is 2.16. The van der Waals surface area contributed by atoms with Crippen LogP contribution in [0, 0.1) is 0 Å². The summed E-state index contributed by atoms with van der Waals surface area (Å²) in [6, 6.07) is 27.7. The maximum atomic E-state index is 8.85. The molecule has 0 aliphatic heterocycles. The van der Waals surface area contributed by atoms with Crippen molar-refractivity contribution in [2.24, 2.45) is 0 Å². The second-order valence-electron chi connectivity index (χ2n) is 4.79. The van der Waals surface area contributed by atoms with Gasteiger partial charge in [0, 0.05) is 4.11 Å². The van der Waals surface area contributed by atoms with Crippen LogP contribution in [0.4, 0.5) is 0 Å². The average Bonchev–Trinajstić information content (AvgIpc) is 2.64. The van der Waals surface area contributed by atoms with Crippen LogP contribution in [0.1, 0.15) is 13.7 Å². The monoisotopic (exact) mass is 296 g/mol. The molecule has 0 aliphatic carbocycles. The van der Waals surface area contributed by atoms with E-state index in [9.17, 15) is 0 Å². The Bertz CT molecular complexity index is 749. The quantitative estimate of drug-likeness (QED) is 0.638. The maximum absolute atomic E-state index is 8.85. The predicted octanol–water partition coefficient (Wildman–Crippen LogP) is 4.00. The summed E-state index contributed by atoms with van der Waals surface area (Å²) in [6.07, 6.45) is -2.43. The van der Waals surface area contributed by atoms with E-state index in [0.29, 0.717) is 0 Å². The Labute approximate surface area is 134 Å². The fraction of sp³-hybridized carbons (Fsp3) is 0.100. The Kier molecular flexibility index (Phi) is 2.73. The molecule has 0 nitrogen and oxygen atoms in total. The third kappa shape index (κ3) is 2.52. The van der Waals surface area contributed by atoms with Crippen LogP contribution in [0.5, 0.6) is 0 Å². The van der Waals surface area contributed by atoms with Gasteiger partial charge < -0.3 is 0 Å². The normalized spacial score (nSPS) is 16.1. The smallest absolute Gasteiger partial charge is 0.0620 e. The van der Waals surface area contributed by atoms with Crippen LogP contribution < -0.4 is 15.9 Å². The first kappa shape index (κ1) is 9.18. The van der Waals surface area contributed by atoms with Crippen molar-refractivity contribution < 1.29 is 6.85 Å². The lowest BCUT2D eigenvalue weighted by Gasteiger charge is -2.26. The van der Waals surface area contributed by atoms with Crippen LogP contribution in [-0.4, -0.2) is 6.11 Å². The number of benzene rings is 3. The summed E-state index contributed by atoms with van der Waals surface area (Å²) >= 11 is 0. The van der Waals surface area contributed by atoms with Gasteiger partial charge in [0.25, 0.3) is 0 Å². The van der Waals surface area contributed by atoms with Crippen LogP contribution in [0.15, 0.2) is 91.0 Å². The lowest BCUT2D eigenvalue weighted by atomic mass is 10.4. The van der Waals surface area contributed by atoms with Crippen LogP contribution in [0.3, 0.4) is 0 Å². The van der Waals surface area contributed by atoms with E-state index < -0.39 is 20.2 Å². The van der Waals surface area contributed by atoms with Gasteiger partial charge in [0.2, 0.25) is 0 Å². The third-order valence-corrected chi connectivity index (χ3v) is 7.15. The fourth-order valence-electron chi connectivity index (χ4n) is 2.60. The zero-order valence-electron chi connectivity index (χ0n) is 16.6. The zero-order valence-corrected chi connectivity index (χ0v) is 12.5. The number of hydrogen-bond donors (Lipinski definition) is 0. The summed E-state index contributed by atoms with van der Waals surface area (Å²) in [7, 11) is -3.11. The first-order chi connectivity index (χ1) is 12.3. The molecule has 0 unspecified atom stereocenters. The minimum atomic E-state index is -3.11. The average molecular weight is 296 g/mol. The second kappa shape index (κ2) is 6.24. The SMILES string of the molecule is [2H]C([2H])([2H])C([2H])([2H])[P+](c1ccccc1)(c1ccccc1)c1ccccc1. The van der Waals surface area contributed by atoms with Crippen molar-refractivity contribution in [3.63, 3.8) is 0 Å². The van der Waals surface area contributed by atoms with Gasteiger partial charge in [-0.3, -0.25) is 0 Å². The Hall–Kier alpha value is -1.91. The Morgan fingerprint density at radius 2 is 1.00 bits per heavy atom. The third-order valence-electron chi connectivity index (χ3n) is 3.60. The second-order valence-corrected chi connectivity index (χ2v) is 7.90. The summed E-state index contributed by atoms with van der Waals surface area (Å²) in [4.78, 5) is 0. The highest BCUT2D eigenvalue weighted by Crippen LogP contribution is 2.54. The van der Waals surface area contributed by atoms with Crippen molar-refractivity contribution in [1.82, 2.24) is 0 Å². The Morgan fingerprint density at radius 3 is 1.29 bits per heavy atom. The molecular weight excluding hydrogens is 271 g/mol. The van der Waals surface area contributed by atoms with E-state index in [1.807, 2.05) is 91.0 Å². The van der Waals surface area contributed by atoms with E-state index in [4.69, 9.17) is 6.85 Å². The van der Waals surface area contributed by atoms with Crippen molar-refractivity contribution in [3.05, 3.63) is 91.0 Å². The number of rotatable bonds is 4. The van der Waals surface area contributed by atoms with Gasteiger partial charge in [-0.05, 0) is 43.3 Å². The first-order valence-electron chi connectivity index (χ1n) is 9.38. The summed E-state index contributed by atoms with van der Waals surface area (Å²) in [5.41, 5.74) is 0. The van der Waals surface area contributed by atoms with Crippen molar-refractivity contribution in [2.45, 2.75) is 6.85 Å². The molecule has 0 N–H and O–H groups in total. The minimum Gasteiger partial charge on any atom is -0.0620 e. The maximum Gasteiger partial charge on any atom is 0.111 e. The molecule has 0 atom stereocenters. The van der Waals surface area contributed by atoms with Gasteiger partial charge in [-0.2, -0.15) is 0 Å².